The summed E-state index contributed by atoms with van der Waals surface area (Å²) in [5.41, 5.74) is 7.36. The van der Waals surface area contributed by atoms with Crippen molar-refractivity contribution in [2.24, 2.45) is 5.73 Å². The maximum atomic E-state index is 10.6. The lowest BCUT2D eigenvalue weighted by Crippen LogP contribution is -2.06. The summed E-state index contributed by atoms with van der Waals surface area (Å²) in [6, 6.07) is -0.0886. The number of carboxylic acids is 1. The summed E-state index contributed by atoms with van der Waals surface area (Å²) in [4.78, 5) is 11.0. The molecule has 1 rings (SSSR count). The molecule has 0 radical (unpaired) electrons. The van der Waals surface area contributed by atoms with Crippen molar-refractivity contribution in [1.82, 2.24) is 0 Å². The smallest absolute Gasteiger partial charge is 0.346 e. The molecule has 0 aromatic carbocycles. The van der Waals surface area contributed by atoms with Gasteiger partial charge in [-0.2, -0.15) is 0 Å². The van der Waals surface area contributed by atoms with E-state index in [2.05, 4.69) is 0 Å². The fourth-order valence-corrected chi connectivity index (χ4v) is 2.12. The quantitative estimate of drug-likeness (QED) is 0.738. The Bertz CT molecular complexity index is 304. The fraction of sp³-hybridized carbons (Fsp3) is 0.375. The number of carbonyl (C=O) groups is 1. The van der Waals surface area contributed by atoms with Gasteiger partial charge in [0, 0.05) is 6.04 Å². The fourth-order valence-electron chi connectivity index (χ4n) is 1.09. The van der Waals surface area contributed by atoms with Crippen LogP contribution in [-0.4, -0.2) is 11.1 Å². The minimum absolute atomic E-state index is 0.0886. The first kappa shape index (κ1) is 9.22. The van der Waals surface area contributed by atoms with E-state index in [0.717, 1.165) is 11.1 Å². The third-order valence-corrected chi connectivity index (χ3v) is 2.85. The Balaban J connectivity index is 3.13. The summed E-state index contributed by atoms with van der Waals surface area (Å²) in [5.74, 6) is -0.871. The Morgan fingerprint density at radius 1 is 1.75 bits per heavy atom. The monoisotopic (exact) mass is 185 g/mol. The average Bonchev–Trinajstić information content (AvgIpc) is 2.30. The van der Waals surface area contributed by atoms with Crippen LogP contribution >= 0.6 is 11.3 Å². The average molecular weight is 185 g/mol. The maximum Gasteiger partial charge on any atom is 0.346 e. The van der Waals surface area contributed by atoms with Crippen LogP contribution in [0.25, 0.3) is 0 Å². The zero-order valence-corrected chi connectivity index (χ0v) is 7.81. The molecule has 0 bridgehead atoms. The van der Waals surface area contributed by atoms with Gasteiger partial charge in [-0.15, -0.1) is 11.3 Å². The molecule has 0 unspecified atom stereocenters. The minimum Gasteiger partial charge on any atom is -0.477 e. The lowest BCUT2D eigenvalue weighted by molar-refractivity contribution is 0.0701. The molecule has 1 aromatic heterocycles. The molecule has 0 fully saturated rings. The maximum absolute atomic E-state index is 10.6. The third-order valence-electron chi connectivity index (χ3n) is 1.76. The van der Waals surface area contributed by atoms with Crippen molar-refractivity contribution >= 4 is 17.3 Å². The van der Waals surface area contributed by atoms with Crippen LogP contribution in [0.1, 0.15) is 33.8 Å². The summed E-state index contributed by atoms with van der Waals surface area (Å²) < 4.78 is 0. The van der Waals surface area contributed by atoms with Crippen molar-refractivity contribution in [2.75, 3.05) is 0 Å². The van der Waals surface area contributed by atoms with Gasteiger partial charge in [0.2, 0.25) is 0 Å². The van der Waals surface area contributed by atoms with E-state index in [1.807, 2.05) is 12.3 Å². The standard InChI is InChI=1S/C8H11NO2S/c1-4-6(5(2)9)3-12-7(4)8(10)11/h3,5H,9H2,1-2H3,(H,10,11)/t5-/m0/s1. The Morgan fingerprint density at radius 2 is 2.33 bits per heavy atom. The van der Waals surface area contributed by atoms with Gasteiger partial charge in [-0.3, -0.25) is 0 Å². The van der Waals surface area contributed by atoms with E-state index in [1.165, 1.54) is 11.3 Å². The molecule has 3 N–H and O–H groups in total. The zero-order valence-electron chi connectivity index (χ0n) is 7.00. The molecule has 0 saturated carbocycles. The summed E-state index contributed by atoms with van der Waals surface area (Å²) in [7, 11) is 0. The highest BCUT2D eigenvalue weighted by molar-refractivity contribution is 7.12. The topological polar surface area (TPSA) is 63.3 Å². The van der Waals surface area contributed by atoms with Crippen molar-refractivity contribution < 1.29 is 9.90 Å². The molecule has 12 heavy (non-hydrogen) atoms. The van der Waals surface area contributed by atoms with Crippen molar-refractivity contribution in [3.8, 4) is 0 Å². The molecule has 4 heteroatoms. The van der Waals surface area contributed by atoms with Crippen LogP contribution in [0.15, 0.2) is 5.38 Å². The molecule has 3 nitrogen and oxygen atoms in total. The van der Waals surface area contributed by atoms with E-state index < -0.39 is 5.97 Å². The van der Waals surface area contributed by atoms with E-state index in [4.69, 9.17) is 10.8 Å². The molecular weight excluding hydrogens is 174 g/mol. The Kier molecular flexibility index (Phi) is 2.49. The number of nitrogens with two attached hydrogens (primary N) is 1. The highest BCUT2D eigenvalue weighted by atomic mass is 32.1. The van der Waals surface area contributed by atoms with Gasteiger partial charge in [-0.05, 0) is 30.4 Å². The minimum atomic E-state index is -0.871. The molecular formula is C8H11NO2S. The van der Waals surface area contributed by atoms with E-state index in [-0.39, 0.29) is 6.04 Å². The summed E-state index contributed by atoms with van der Waals surface area (Å²) in [6.45, 7) is 3.64. The number of carboxylic acid groups (broad SMARTS) is 1. The predicted molar refractivity (Wildman–Crippen MR) is 48.6 cm³/mol. The van der Waals surface area contributed by atoms with Crippen molar-refractivity contribution in [1.29, 1.82) is 0 Å². The second kappa shape index (κ2) is 3.25. The first-order valence-corrected chi connectivity index (χ1v) is 4.49. The van der Waals surface area contributed by atoms with Crippen LogP contribution in [0.4, 0.5) is 0 Å². The number of hydrogen-bond donors (Lipinski definition) is 2. The van der Waals surface area contributed by atoms with Gasteiger partial charge in [-0.1, -0.05) is 0 Å². The summed E-state index contributed by atoms with van der Waals surface area (Å²) in [5, 5.41) is 10.5. The van der Waals surface area contributed by atoms with Gasteiger partial charge in [-0.25, -0.2) is 4.79 Å². The van der Waals surface area contributed by atoms with E-state index in [1.54, 1.807) is 6.92 Å². The Labute approximate surface area is 74.8 Å². The highest BCUT2D eigenvalue weighted by Gasteiger charge is 2.14. The van der Waals surface area contributed by atoms with Crippen LogP contribution in [-0.2, 0) is 0 Å². The van der Waals surface area contributed by atoms with E-state index >= 15 is 0 Å². The van der Waals surface area contributed by atoms with Crippen molar-refractivity contribution in [3.05, 3.63) is 21.4 Å². The van der Waals surface area contributed by atoms with Crippen LogP contribution in [0, 0.1) is 6.92 Å². The van der Waals surface area contributed by atoms with Crippen LogP contribution in [0.2, 0.25) is 0 Å². The van der Waals surface area contributed by atoms with E-state index in [9.17, 15) is 4.79 Å². The van der Waals surface area contributed by atoms with Crippen LogP contribution < -0.4 is 5.73 Å². The second-order valence-corrected chi connectivity index (χ2v) is 3.62. The van der Waals surface area contributed by atoms with Gasteiger partial charge in [0.15, 0.2) is 0 Å². The Hall–Kier alpha value is -0.870. The Morgan fingerprint density at radius 3 is 2.58 bits per heavy atom. The SMILES string of the molecule is Cc1c([C@H](C)N)csc1C(=O)O. The van der Waals surface area contributed by atoms with E-state index in [0.29, 0.717) is 4.88 Å². The third kappa shape index (κ3) is 1.49. The predicted octanol–water partition coefficient (Wildman–Crippen LogP) is 1.77. The molecule has 1 atom stereocenters. The second-order valence-electron chi connectivity index (χ2n) is 2.74. The molecule has 0 saturated heterocycles. The van der Waals surface area contributed by atoms with Gasteiger partial charge >= 0.3 is 5.97 Å². The molecule has 0 spiro atoms. The number of hydrogen-bond acceptors (Lipinski definition) is 3. The molecule has 66 valence electrons. The lowest BCUT2D eigenvalue weighted by Gasteiger charge is -2.03. The first-order valence-electron chi connectivity index (χ1n) is 3.61. The molecule has 0 aliphatic heterocycles. The number of aromatic carboxylic acids is 1. The van der Waals surface area contributed by atoms with Gasteiger partial charge in [0.05, 0.1) is 0 Å². The van der Waals surface area contributed by atoms with Crippen molar-refractivity contribution in [2.45, 2.75) is 19.9 Å². The highest BCUT2D eigenvalue weighted by Crippen LogP contribution is 2.25. The lowest BCUT2D eigenvalue weighted by atomic mass is 10.1. The number of rotatable bonds is 2. The number of thiophene rings is 1. The zero-order chi connectivity index (χ0) is 9.30. The van der Waals surface area contributed by atoms with Gasteiger partial charge in [0.25, 0.3) is 0 Å². The summed E-state index contributed by atoms with van der Waals surface area (Å²) >= 11 is 1.23. The van der Waals surface area contributed by atoms with Crippen molar-refractivity contribution in [3.63, 3.8) is 0 Å². The molecule has 0 aliphatic rings. The molecule has 1 aromatic rings. The van der Waals surface area contributed by atoms with Crippen LogP contribution in [0.3, 0.4) is 0 Å². The normalized spacial score (nSPS) is 12.9. The van der Waals surface area contributed by atoms with Gasteiger partial charge in [0.1, 0.15) is 4.88 Å². The van der Waals surface area contributed by atoms with Gasteiger partial charge < -0.3 is 10.8 Å². The molecule has 1 heterocycles. The molecule has 0 amide bonds. The first-order chi connectivity index (χ1) is 5.54. The van der Waals surface area contributed by atoms with Crippen LogP contribution in [0.5, 0.6) is 0 Å². The summed E-state index contributed by atoms with van der Waals surface area (Å²) in [6.07, 6.45) is 0. The molecule has 0 aliphatic carbocycles. The largest absolute Gasteiger partial charge is 0.477 e.